The van der Waals surface area contributed by atoms with Gasteiger partial charge < -0.3 is 9.67 Å². The average molecular weight is 347 g/mol. The third kappa shape index (κ3) is 2.44. The molecule has 0 aliphatic carbocycles. The number of aromatic nitrogens is 2. The molecular weight excluding hydrogens is 334 g/mol. The van der Waals surface area contributed by atoms with Gasteiger partial charge in [0.15, 0.2) is 5.69 Å². The van der Waals surface area contributed by atoms with Crippen molar-refractivity contribution in [1.29, 1.82) is 0 Å². The van der Waals surface area contributed by atoms with Crippen LogP contribution in [0.3, 0.4) is 0 Å². The molecule has 0 fully saturated rings. The van der Waals surface area contributed by atoms with Gasteiger partial charge in [-0.15, -0.1) is 10.2 Å². The number of benzene rings is 2. The molecule has 128 valence electrons. The van der Waals surface area contributed by atoms with Crippen LogP contribution in [-0.2, 0) is 7.05 Å². The third-order valence-electron chi connectivity index (χ3n) is 4.21. The minimum atomic E-state index is -0.487. The van der Waals surface area contributed by atoms with E-state index in [0.717, 1.165) is 5.39 Å². The van der Waals surface area contributed by atoms with E-state index in [4.69, 9.17) is 0 Å². The van der Waals surface area contributed by atoms with E-state index < -0.39 is 4.92 Å². The maximum atomic E-state index is 11.0. The summed E-state index contributed by atoms with van der Waals surface area (Å²) in [6.45, 7) is 0. The van der Waals surface area contributed by atoms with Crippen molar-refractivity contribution in [2.24, 2.45) is 17.3 Å². The average Bonchev–Trinajstić information content (AvgIpc) is 2.90. The van der Waals surface area contributed by atoms with Crippen LogP contribution in [0.1, 0.15) is 0 Å². The second-order valence-corrected chi connectivity index (χ2v) is 5.74. The summed E-state index contributed by atoms with van der Waals surface area (Å²) in [5.74, 6) is -0.113. The van der Waals surface area contributed by atoms with Gasteiger partial charge in [0.1, 0.15) is 5.69 Å². The van der Waals surface area contributed by atoms with E-state index in [0.29, 0.717) is 22.1 Å². The lowest BCUT2D eigenvalue weighted by Gasteiger charge is -1.99. The molecule has 4 aromatic rings. The predicted octanol–water partition coefficient (Wildman–Crippen LogP) is 4.76. The molecule has 2 aromatic carbocycles. The fourth-order valence-electron chi connectivity index (χ4n) is 2.88. The quantitative estimate of drug-likeness (QED) is 0.328. The van der Waals surface area contributed by atoms with Gasteiger partial charge in [0.25, 0.3) is 5.69 Å². The summed E-state index contributed by atoms with van der Waals surface area (Å²) >= 11 is 0. The molecule has 0 saturated heterocycles. The standard InChI is InChI=1S/C18H13N5O3/c1-22-15-8-7-12(23(25)26)10-13(15)17(18(22)24)21-20-14-6-2-4-11-5-3-9-19-16(11)14/h2-10,24H,1H3. The number of para-hydroxylation sites is 1. The number of aryl methyl sites for hydroxylation is 1. The first kappa shape index (κ1) is 15.7. The SMILES string of the molecule is Cn1c(O)c(N=Nc2cccc3cccnc23)c2cc([N+](=O)[O-])ccc21. The van der Waals surface area contributed by atoms with Gasteiger partial charge in [0.2, 0.25) is 5.88 Å². The van der Waals surface area contributed by atoms with E-state index in [1.807, 2.05) is 24.3 Å². The molecule has 0 aliphatic heterocycles. The number of hydrogen-bond acceptors (Lipinski definition) is 6. The molecule has 0 bridgehead atoms. The molecule has 2 heterocycles. The molecule has 26 heavy (non-hydrogen) atoms. The Labute approximate surface area is 147 Å². The van der Waals surface area contributed by atoms with Crippen LogP contribution in [0.25, 0.3) is 21.8 Å². The zero-order chi connectivity index (χ0) is 18.3. The number of aromatic hydroxyl groups is 1. The van der Waals surface area contributed by atoms with Crippen molar-refractivity contribution in [3.63, 3.8) is 0 Å². The third-order valence-corrected chi connectivity index (χ3v) is 4.21. The number of fused-ring (bicyclic) bond motifs is 2. The smallest absolute Gasteiger partial charge is 0.270 e. The Balaban J connectivity index is 1.88. The predicted molar refractivity (Wildman–Crippen MR) is 97.2 cm³/mol. The van der Waals surface area contributed by atoms with Gasteiger partial charge in [-0.25, -0.2) is 0 Å². The molecule has 0 aliphatic rings. The first-order chi connectivity index (χ1) is 12.6. The number of azo groups is 1. The highest BCUT2D eigenvalue weighted by Crippen LogP contribution is 2.40. The topological polar surface area (TPSA) is 106 Å². The number of non-ortho nitro benzene ring substituents is 1. The van der Waals surface area contributed by atoms with E-state index in [1.54, 1.807) is 25.4 Å². The van der Waals surface area contributed by atoms with Crippen LogP contribution < -0.4 is 0 Å². The van der Waals surface area contributed by atoms with Crippen molar-refractivity contribution in [1.82, 2.24) is 9.55 Å². The largest absolute Gasteiger partial charge is 0.493 e. The number of rotatable bonds is 3. The molecule has 0 saturated carbocycles. The van der Waals surface area contributed by atoms with Gasteiger partial charge in [-0.2, -0.15) is 0 Å². The highest BCUT2D eigenvalue weighted by atomic mass is 16.6. The van der Waals surface area contributed by atoms with Crippen LogP contribution in [0.4, 0.5) is 17.1 Å². The summed E-state index contributed by atoms with van der Waals surface area (Å²) in [5, 5.41) is 31.2. The molecule has 8 heteroatoms. The molecule has 0 unspecified atom stereocenters. The van der Waals surface area contributed by atoms with Crippen LogP contribution >= 0.6 is 0 Å². The first-order valence-electron chi connectivity index (χ1n) is 7.77. The number of nitrogens with zero attached hydrogens (tertiary/aromatic N) is 5. The molecule has 0 radical (unpaired) electrons. The lowest BCUT2D eigenvalue weighted by molar-refractivity contribution is -0.384. The Kier molecular flexibility index (Phi) is 3.58. The highest BCUT2D eigenvalue weighted by molar-refractivity contribution is 5.96. The van der Waals surface area contributed by atoms with E-state index in [1.165, 1.54) is 16.7 Å². The first-order valence-corrected chi connectivity index (χ1v) is 7.77. The number of nitro benzene ring substituents is 1. The van der Waals surface area contributed by atoms with Crippen LogP contribution in [-0.4, -0.2) is 19.6 Å². The number of hydrogen-bond donors (Lipinski definition) is 1. The molecular formula is C18H13N5O3. The van der Waals surface area contributed by atoms with Gasteiger partial charge in [-0.05, 0) is 18.2 Å². The summed E-state index contributed by atoms with van der Waals surface area (Å²) < 4.78 is 1.51. The molecule has 1 N–H and O–H groups in total. The maximum Gasteiger partial charge on any atom is 0.270 e. The van der Waals surface area contributed by atoms with E-state index >= 15 is 0 Å². The van der Waals surface area contributed by atoms with Gasteiger partial charge in [-0.3, -0.25) is 15.1 Å². The Morgan fingerprint density at radius 3 is 2.77 bits per heavy atom. The van der Waals surface area contributed by atoms with E-state index in [9.17, 15) is 15.2 Å². The summed E-state index contributed by atoms with van der Waals surface area (Å²) in [5.41, 5.74) is 1.96. The normalized spacial score (nSPS) is 11.6. The Morgan fingerprint density at radius 2 is 1.96 bits per heavy atom. The van der Waals surface area contributed by atoms with Gasteiger partial charge in [0, 0.05) is 36.1 Å². The van der Waals surface area contributed by atoms with Crippen molar-refractivity contribution in [3.05, 3.63) is 64.8 Å². The minimum absolute atomic E-state index is 0.0774. The van der Waals surface area contributed by atoms with Crippen molar-refractivity contribution in [2.45, 2.75) is 0 Å². The number of pyridine rings is 1. The van der Waals surface area contributed by atoms with Crippen LogP contribution in [0, 0.1) is 10.1 Å². The molecule has 0 amide bonds. The van der Waals surface area contributed by atoms with Gasteiger partial charge in [0.05, 0.1) is 16.0 Å². The monoisotopic (exact) mass is 347 g/mol. The van der Waals surface area contributed by atoms with Crippen LogP contribution in [0.5, 0.6) is 5.88 Å². The lowest BCUT2D eigenvalue weighted by Crippen LogP contribution is -1.88. The lowest BCUT2D eigenvalue weighted by atomic mass is 10.2. The minimum Gasteiger partial charge on any atom is -0.493 e. The summed E-state index contributed by atoms with van der Waals surface area (Å²) in [4.78, 5) is 14.9. The fourth-order valence-corrected chi connectivity index (χ4v) is 2.88. The zero-order valence-electron chi connectivity index (χ0n) is 13.7. The van der Waals surface area contributed by atoms with Crippen LogP contribution in [0.15, 0.2) is 65.0 Å². The van der Waals surface area contributed by atoms with Crippen molar-refractivity contribution in [3.8, 4) is 5.88 Å². The molecule has 0 spiro atoms. The summed E-state index contributed by atoms with van der Waals surface area (Å²) in [6, 6.07) is 13.6. The Bertz CT molecular complexity index is 1190. The van der Waals surface area contributed by atoms with E-state index in [-0.39, 0.29) is 17.3 Å². The summed E-state index contributed by atoms with van der Waals surface area (Å²) in [6.07, 6.45) is 1.67. The Morgan fingerprint density at radius 1 is 1.15 bits per heavy atom. The Hall–Kier alpha value is -3.81. The highest BCUT2D eigenvalue weighted by Gasteiger charge is 2.18. The molecule has 2 aromatic heterocycles. The number of nitro groups is 1. The maximum absolute atomic E-state index is 11.0. The fraction of sp³-hybridized carbons (Fsp3) is 0.0556. The van der Waals surface area contributed by atoms with E-state index in [2.05, 4.69) is 15.2 Å². The second kappa shape index (κ2) is 5.92. The van der Waals surface area contributed by atoms with Crippen molar-refractivity contribution >= 4 is 38.9 Å². The summed E-state index contributed by atoms with van der Waals surface area (Å²) in [7, 11) is 1.65. The van der Waals surface area contributed by atoms with Crippen LogP contribution in [0.2, 0.25) is 0 Å². The molecule has 4 rings (SSSR count). The van der Waals surface area contributed by atoms with Gasteiger partial charge in [-0.1, -0.05) is 18.2 Å². The van der Waals surface area contributed by atoms with Crippen molar-refractivity contribution in [2.75, 3.05) is 0 Å². The van der Waals surface area contributed by atoms with Gasteiger partial charge >= 0.3 is 0 Å². The molecule has 8 nitrogen and oxygen atoms in total. The van der Waals surface area contributed by atoms with Crippen molar-refractivity contribution < 1.29 is 10.0 Å². The molecule has 0 atom stereocenters. The zero-order valence-corrected chi connectivity index (χ0v) is 13.7. The second-order valence-electron chi connectivity index (χ2n) is 5.74.